The van der Waals surface area contributed by atoms with Crippen LogP contribution in [0.5, 0.6) is 0 Å². The van der Waals surface area contributed by atoms with Crippen LogP contribution in [0.25, 0.3) is 0 Å². The summed E-state index contributed by atoms with van der Waals surface area (Å²) in [7, 11) is 0. The van der Waals surface area contributed by atoms with E-state index >= 15 is 0 Å². The third kappa shape index (κ3) is 3.70. The fourth-order valence-electron chi connectivity index (χ4n) is 1.59. The summed E-state index contributed by atoms with van der Waals surface area (Å²) in [5.41, 5.74) is 2.91. The Balaban J connectivity index is 1.89. The van der Waals surface area contributed by atoms with Crippen LogP contribution in [0.4, 0.5) is 4.39 Å². The fourth-order valence-corrected chi connectivity index (χ4v) is 1.59. The smallest absolute Gasteiger partial charge is 0.142 e. The van der Waals surface area contributed by atoms with Crippen molar-refractivity contribution in [3.63, 3.8) is 0 Å². The van der Waals surface area contributed by atoms with E-state index in [4.69, 9.17) is 4.84 Å². The summed E-state index contributed by atoms with van der Waals surface area (Å²) >= 11 is 0. The van der Waals surface area contributed by atoms with Crippen molar-refractivity contribution in [3.05, 3.63) is 71.0 Å². The van der Waals surface area contributed by atoms with E-state index in [2.05, 4.69) is 5.16 Å². The summed E-state index contributed by atoms with van der Waals surface area (Å²) in [6, 6.07) is 14.2. The lowest BCUT2D eigenvalue weighted by atomic mass is 10.2. The average Bonchev–Trinajstić information content (AvgIpc) is 2.35. The zero-order valence-corrected chi connectivity index (χ0v) is 10.1. The first-order chi connectivity index (χ1) is 8.74. The van der Waals surface area contributed by atoms with Gasteiger partial charge in [-0.15, -0.1) is 0 Å². The summed E-state index contributed by atoms with van der Waals surface area (Å²) in [6.07, 6.45) is 1.65. The highest BCUT2D eigenvalue weighted by molar-refractivity contribution is 5.79. The molecule has 3 heteroatoms. The molecular formula is C15H14FNO. The molecule has 0 atom stereocenters. The van der Waals surface area contributed by atoms with Gasteiger partial charge in [0.25, 0.3) is 0 Å². The molecule has 2 aromatic carbocycles. The van der Waals surface area contributed by atoms with Crippen LogP contribution >= 0.6 is 0 Å². The molecule has 2 rings (SSSR count). The average molecular weight is 243 g/mol. The number of rotatable bonds is 4. The molecule has 0 saturated carbocycles. The van der Waals surface area contributed by atoms with Crippen LogP contribution in [-0.4, -0.2) is 6.21 Å². The van der Waals surface area contributed by atoms with Gasteiger partial charge in [-0.2, -0.15) is 0 Å². The minimum atomic E-state index is -0.265. The maximum Gasteiger partial charge on any atom is 0.142 e. The largest absolute Gasteiger partial charge is 0.391 e. The van der Waals surface area contributed by atoms with Gasteiger partial charge in [0.1, 0.15) is 12.4 Å². The molecule has 0 bridgehead atoms. The third-order valence-electron chi connectivity index (χ3n) is 2.44. The quantitative estimate of drug-likeness (QED) is 0.593. The van der Waals surface area contributed by atoms with Crippen LogP contribution in [0.1, 0.15) is 16.7 Å². The molecule has 0 N–H and O–H groups in total. The molecular weight excluding hydrogens is 229 g/mol. The van der Waals surface area contributed by atoms with Gasteiger partial charge in [0, 0.05) is 0 Å². The maximum absolute atomic E-state index is 12.9. The van der Waals surface area contributed by atoms with Crippen molar-refractivity contribution < 1.29 is 9.23 Å². The summed E-state index contributed by atoms with van der Waals surface area (Å²) in [6.45, 7) is 2.28. The number of aryl methyl sites for hydroxylation is 1. The first kappa shape index (κ1) is 12.3. The monoisotopic (exact) mass is 243 g/mol. The van der Waals surface area contributed by atoms with E-state index in [1.165, 1.54) is 17.7 Å². The van der Waals surface area contributed by atoms with Crippen LogP contribution in [0, 0.1) is 12.7 Å². The van der Waals surface area contributed by atoms with Gasteiger partial charge in [-0.05, 0) is 30.2 Å². The van der Waals surface area contributed by atoms with Gasteiger partial charge in [-0.3, -0.25) is 0 Å². The molecule has 0 aliphatic rings. The highest BCUT2D eigenvalue weighted by atomic mass is 19.1. The topological polar surface area (TPSA) is 21.6 Å². The Morgan fingerprint density at radius 1 is 1.17 bits per heavy atom. The molecule has 0 spiro atoms. The number of oxime groups is 1. The lowest BCUT2D eigenvalue weighted by molar-refractivity contribution is 0.132. The van der Waals surface area contributed by atoms with E-state index < -0.39 is 0 Å². The van der Waals surface area contributed by atoms with Crippen molar-refractivity contribution in [2.75, 3.05) is 0 Å². The van der Waals surface area contributed by atoms with E-state index in [1.807, 2.05) is 31.2 Å². The van der Waals surface area contributed by atoms with Gasteiger partial charge in [0.15, 0.2) is 0 Å². The van der Waals surface area contributed by atoms with E-state index in [9.17, 15) is 4.39 Å². The molecule has 2 aromatic rings. The lowest BCUT2D eigenvalue weighted by Gasteiger charge is -2.00. The standard InChI is InChI=1S/C15H14FNO/c1-12-4-2-5-13(8-12)10-17-18-11-14-6-3-7-15(16)9-14/h2-10H,11H2,1H3. The highest BCUT2D eigenvalue weighted by Gasteiger charge is 1.94. The van der Waals surface area contributed by atoms with E-state index in [0.29, 0.717) is 0 Å². The third-order valence-corrected chi connectivity index (χ3v) is 2.44. The van der Waals surface area contributed by atoms with E-state index in [1.54, 1.807) is 18.3 Å². The van der Waals surface area contributed by atoms with Crippen molar-refractivity contribution in [1.82, 2.24) is 0 Å². The van der Waals surface area contributed by atoms with Gasteiger partial charge in [-0.25, -0.2) is 4.39 Å². The Labute approximate surface area is 106 Å². The molecule has 0 saturated heterocycles. The van der Waals surface area contributed by atoms with Crippen molar-refractivity contribution >= 4 is 6.21 Å². The zero-order chi connectivity index (χ0) is 12.8. The molecule has 0 amide bonds. The van der Waals surface area contributed by atoms with Crippen molar-refractivity contribution in [3.8, 4) is 0 Å². The van der Waals surface area contributed by atoms with Gasteiger partial charge in [0.2, 0.25) is 0 Å². The van der Waals surface area contributed by atoms with Crippen LogP contribution in [0.2, 0.25) is 0 Å². The second kappa shape index (κ2) is 5.96. The Morgan fingerprint density at radius 2 is 2.00 bits per heavy atom. The van der Waals surface area contributed by atoms with Crippen LogP contribution in [0.3, 0.4) is 0 Å². The number of benzene rings is 2. The highest BCUT2D eigenvalue weighted by Crippen LogP contribution is 2.05. The second-order valence-electron chi connectivity index (χ2n) is 4.05. The molecule has 0 heterocycles. The number of halogens is 1. The summed E-state index contributed by atoms with van der Waals surface area (Å²) in [4.78, 5) is 5.12. The van der Waals surface area contributed by atoms with Crippen LogP contribution in [-0.2, 0) is 11.4 Å². The molecule has 92 valence electrons. The second-order valence-corrected chi connectivity index (χ2v) is 4.05. The molecule has 0 aliphatic carbocycles. The Kier molecular flexibility index (Phi) is 4.07. The lowest BCUT2D eigenvalue weighted by Crippen LogP contribution is -1.89. The maximum atomic E-state index is 12.9. The predicted octanol–water partition coefficient (Wildman–Crippen LogP) is 3.68. The van der Waals surface area contributed by atoms with Crippen molar-refractivity contribution in [2.24, 2.45) is 5.16 Å². The molecule has 0 unspecified atom stereocenters. The van der Waals surface area contributed by atoms with Crippen molar-refractivity contribution in [1.29, 1.82) is 0 Å². The molecule has 0 radical (unpaired) electrons. The molecule has 0 aromatic heterocycles. The number of hydrogen-bond acceptors (Lipinski definition) is 2. The van der Waals surface area contributed by atoms with Crippen molar-refractivity contribution in [2.45, 2.75) is 13.5 Å². The molecule has 18 heavy (non-hydrogen) atoms. The Hall–Kier alpha value is -2.16. The van der Waals surface area contributed by atoms with Gasteiger partial charge in [0.05, 0.1) is 6.21 Å². The number of hydrogen-bond donors (Lipinski definition) is 0. The summed E-state index contributed by atoms with van der Waals surface area (Å²) < 4.78 is 12.9. The molecule has 2 nitrogen and oxygen atoms in total. The Bertz CT molecular complexity index is 552. The van der Waals surface area contributed by atoms with Crippen LogP contribution < -0.4 is 0 Å². The van der Waals surface area contributed by atoms with Gasteiger partial charge >= 0.3 is 0 Å². The predicted molar refractivity (Wildman–Crippen MR) is 70.0 cm³/mol. The summed E-state index contributed by atoms with van der Waals surface area (Å²) in [5.74, 6) is -0.265. The first-order valence-corrected chi connectivity index (χ1v) is 5.70. The minimum Gasteiger partial charge on any atom is -0.391 e. The van der Waals surface area contributed by atoms with Gasteiger partial charge < -0.3 is 4.84 Å². The zero-order valence-electron chi connectivity index (χ0n) is 10.1. The minimum absolute atomic E-state index is 0.264. The van der Waals surface area contributed by atoms with Crippen LogP contribution in [0.15, 0.2) is 53.7 Å². The number of nitrogens with zero attached hydrogens (tertiary/aromatic N) is 1. The molecule has 0 aliphatic heterocycles. The fraction of sp³-hybridized carbons (Fsp3) is 0.133. The normalized spacial score (nSPS) is 10.8. The Morgan fingerprint density at radius 3 is 2.78 bits per heavy atom. The SMILES string of the molecule is Cc1cccc(C=NOCc2cccc(F)c2)c1. The first-order valence-electron chi connectivity index (χ1n) is 5.70. The van der Waals surface area contributed by atoms with E-state index in [-0.39, 0.29) is 12.4 Å². The van der Waals surface area contributed by atoms with Gasteiger partial charge in [-0.1, -0.05) is 47.1 Å². The van der Waals surface area contributed by atoms with E-state index in [0.717, 1.165) is 11.1 Å². The summed E-state index contributed by atoms with van der Waals surface area (Å²) in [5, 5.41) is 3.86. The molecule has 0 fully saturated rings.